The number of fused-ring (bicyclic) bond motifs is 4. The average molecular weight is 552 g/mol. The third kappa shape index (κ3) is 4.17. The van der Waals surface area contributed by atoms with Crippen molar-refractivity contribution < 1.29 is 13.2 Å². The van der Waals surface area contributed by atoms with E-state index in [1.807, 2.05) is 0 Å². The zero-order chi connectivity index (χ0) is 24.5. The lowest BCUT2D eigenvalue weighted by Gasteiger charge is -2.60. The molecule has 6 fully saturated rings. The molecule has 4 bridgehead atoms. The van der Waals surface area contributed by atoms with Crippen molar-refractivity contribution in [2.45, 2.75) is 71.1 Å². The molecule has 0 radical (unpaired) electrons. The van der Waals surface area contributed by atoms with Gasteiger partial charge in [0.15, 0.2) is 0 Å². The van der Waals surface area contributed by atoms with E-state index < -0.39 is 10.0 Å². The Kier molecular flexibility index (Phi) is 6.25. The van der Waals surface area contributed by atoms with Crippen LogP contribution in [0, 0.1) is 46.3 Å². The van der Waals surface area contributed by atoms with Crippen molar-refractivity contribution >= 4 is 31.9 Å². The molecule has 1 amide bonds. The highest BCUT2D eigenvalue weighted by Gasteiger charge is 2.54. The lowest BCUT2D eigenvalue weighted by molar-refractivity contribution is -0.103. The number of rotatable bonds is 7. The topological polar surface area (TPSA) is 75.3 Å². The molecule has 5 atom stereocenters. The number of halogens is 1. The minimum absolute atomic E-state index is 0.141. The van der Waals surface area contributed by atoms with Crippen molar-refractivity contribution in [2.75, 3.05) is 13.1 Å². The van der Waals surface area contributed by atoms with Crippen molar-refractivity contribution in [1.82, 2.24) is 10.0 Å². The van der Waals surface area contributed by atoms with E-state index >= 15 is 0 Å². The van der Waals surface area contributed by atoms with E-state index in [-0.39, 0.29) is 10.8 Å². The Morgan fingerprint density at radius 3 is 2.29 bits per heavy atom. The van der Waals surface area contributed by atoms with Gasteiger partial charge in [-0.15, -0.1) is 0 Å². The Morgan fingerprint density at radius 2 is 1.68 bits per heavy atom. The summed E-state index contributed by atoms with van der Waals surface area (Å²) in [6.45, 7) is 10.5. The summed E-state index contributed by atoms with van der Waals surface area (Å²) in [5.41, 5.74) is 1.19. The number of sulfonamides is 1. The number of hydrogen-bond acceptors (Lipinski definition) is 3. The van der Waals surface area contributed by atoms with E-state index in [4.69, 9.17) is 0 Å². The van der Waals surface area contributed by atoms with E-state index in [0.717, 1.165) is 18.8 Å². The Bertz CT molecular complexity index is 1070. The molecule has 188 valence electrons. The van der Waals surface area contributed by atoms with Crippen LogP contribution in [0.4, 0.5) is 0 Å². The van der Waals surface area contributed by atoms with Crippen LogP contribution >= 0.6 is 15.9 Å². The highest BCUT2D eigenvalue weighted by Crippen LogP contribution is 2.61. The van der Waals surface area contributed by atoms with Crippen LogP contribution in [-0.2, 0) is 10.0 Å². The number of hydrogen-bond donors (Lipinski definition) is 2. The largest absolute Gasteiger partial charge is 0.352 e. The molecule has 0 aromatic heterocycles. The number of carbonyl (C=O) groups excluding carboxylic acids is 1. The zero-order valence-corrected chi connectivity index (χ0v) is 23.3. The molecule has 6 saturated carbocycles. The fraction of sp³-hybridized carbons (Fsp3) is 0.741. The van der Waals surface area contributed by atoms with E-state index in [2.05, 4.69) is 53.7 Å². The summed E-state index contributed by atoms with van der Waals surface area (Å²) in [5.74, 6) is 3.63. The van der Waals surface area contributed by atoms with Gasteiger partial charge in [-0.05, 0) is 119 Å². The first-order valence-corrected chi connectivity index (χ1v) is 15.2. The van der Waals surface area contributed by atoms with Crippen LogP contribution in [0.2, 0.25) is 0 Å². The Labute approximate surface area is 213 Å². The van der Waals surface area contributed by atoms with Gasteiger partial charge in [0, 0.05) is 23.1 Å². The van der Waals surface area contributed by atoms with Crippen LogP contribution in [0.1, 0.15) is 76.6 Å². The number of amides is 1. The van der Waals surface area contributed by atoms with Gasteiger partial charge >= 0.3 is 0 Å². The molecule has 6 aliphatic carbocycles. The molecule has 7 heteroatoms. The summed E-state index contributed by atoms with van der Waals surface area (Å²) in [7, 11) is -3.71. The van der Waals surface area contributed by atoms with Gasteiger partial charge in [0.25, 0.3) is 5.91 Å². The Morgan fingerprint density at radius 1 is 0.971 bits per heavy atom. The molecule has 0 aliphatic heterocycles. The first-order chi connectivity index (χ1) is 15.9. The van der Waals surface area contributed by atoms with Gasteiger partial charge in [-0.25, -0.2) is 13.1 Å². The second-order valence-electron chi connectivity index (χ2n) is 12.7. The SMILES string of the molecule is CC1(C)C2CC(CNS(=O)(=O)c3cc(C(=O)NCC4CC[C@H]5C[C@@H]4C5(C)C)ccc3Br)CC1C2. The van der Waals surface area contributed by atoms with Gasteiger partial charge in [-0.1, -0.05) is 27.7 Å². The van der Waals surface area contributed by atoms with Gasteiger partial charge in [-0.3, -0.25) is 4.79 Å². The van der Waals surface area contributed by atoms with E-state index in [1.165, 1.54) is 31.7 Å². The van der Waals surface area contributed by atoms with E-state index in [1.54, 1.807) is 12.1 Å². The van der Waals surface area contributed by atoms with Gasteiger partial charge in [0.2, 0.25) is 10.0 Å². The normalized spacial score (nSPS) is 35.1. The van der Waals surface area contributed by atoms with Crippen molar-refractivity contribution in [3.63, 3.8) is 0 Å². The summed E-state index contributed by atoms with van der Waals surface area (Å²) >= 11 is 3.39. The first-order valence-electron chi connectivity index (χ1n) is 13.0. The molecule has 0 spiro atoms. The highest BCUT2D eigenvalue weighted by molar-refractivity contribution is 9.10. The van der Waals surface area contributed by atoms with Crippen LogP contribution in [0.3, 0.4) is 0 Å². The van der Waals surface area contributed by atoms with Crippen LogP contribution in [0.25, 0.3) is 0 Å². The maximum atomic E-state index is 13.1. The molecule has 34 heavy (non-hydrogen) atoms. The van der Waals surface area contributed by atoms with Gasteiger partial charge < -0.3 is 5.32 Å². The minimum Gasteiger partial charge on any atom is -0.352 e. The summed E-state index contributed by atoms with van der Waals surface area (Å²) in [5, 5.41) is 3.09. The molecule has 1 aromatic carbocycles. The smallest absolute Gasteiger partial charge is 0.251 e. The minimum atomic E-state index is -3.71. The van der Waals surface area contributed by atoms with Crippen molar-refractivity contribution in [1.29, 1.82) is 0 Å². The molecule has 2 N–H and O–H groups in total. The standard InChI is InChI=1S/C27H39BrN2O3S/c1-26(2)20-9-16(10-21(26)12-20)14-30-34(32,33)24-11-17(6-8-23(24)28)25(31)29-15-18-5-7-19-13-22(18)27(19,3)4/h6,8,11,16,18-22,30H,5,7,9-10,12-15H2,1-4H3,(H,29,31)/t16?,18?,19-,20?,21?,22-/m0/s1. The fourth-order valence-electron chi connectivity index (χ4n) is 7.68. The number of carbonyl (C=O) groups is 1. The third-order valence-electron chi connectivity index (χ3n) is 10.5. The average Bonchev–Trinajstić information content (AvgIpc) is 2.81. The second-order valence-corrected chi connectivity index (χ2v) is 15.3. The van der Waals surface area contributed by atoms with Gasteiger partial charge in [0.1, 0.15) is 0 Å². The van der Waals surface area contributed by atoms with Gasteiger partial charge in [0.05, 0.1) is 4.90 Å². The van der Waals surface area contributed by atoms with Crippen molar-refractivity contribution in [3.05, 3.63) is 28.2 Å². The predicted molar refractivity (Wildman–Crippen MR) is 138 cm³/mol. The third-order valence-corrected chi connectivity index (χ3v) is 12.9. The van der Waals surface area contributed by atoms with Gasteiger partial charge in [-0.2, -0.15) is 0 Å². The monoisotopic (exact) mass is 550 g/mol. The highest BCUT2D eigenvalue weighted by atomic mass is 79.9. The Balaban J connectivity index is 1.20. The van der Waals surface area contributed by atoms with Crippen LogP contribution in [-0.4, -0.2) is 27.4 Å². The maximum Gasteiger partial charge on any atom is 0.251 e. The predicted octanol–water partition coefficient (Wildman–Crippen LogP) is 5.60. The summed E-state index contributed by atoms with van der Waals surface area (Å²) < 4.78 is 29.6. The van der Waals surface area contributed by atoms with Crippen LogP contribution < -0.4 is 10.0 Å². The van der Waals surface area contributed by atoms with Crippen molar-refractivity contribution in [3.8, 4) is 0 Å². The summed E-state index contributed by atoms with van der Waals surface area (Å²) in [4.78, 5) is 13.1. The molecule has 0 heterocycles. The summed E-state index contributed by atoms with van der Waals surface area (Å²) in [6, 6.07) is 4.87. The fourth-order valence-corrected chi connectivity index (χ4v) is 9.78. The van der Waals surface area contributed by atoms with E-state index in [9.17, 15) is 13.2 Å². The molecule has 5 nitrogen and oxygen atoms in total. The molecular formula is C27H39BrN2O3S. The molecule has 7 rings (SSSR count). The van der Waals surface area contributed by atoms with Crippen LogP contribution in [0.15, 0.2) is 27.6 Å². The molecule has 0 saturated heterocycles. The first kappa shape index (κ1) is 24.8. The van der Waals surface area contributed by atoms with Crippen LogP contribution in [0.5, 0.6) is 0 Å². The number of benzene rings is 1. The number of nitrogens with one attached hydrogen (secondary N) is 2. The lowest BCUT2D eigenvalue weighted by atomic mass is 9.45. The molecule has 6 aliphatic rings. The van der Waals surface area contributed by atoms with Crippen molar-refractivity contribution in [2.24, 2.45) is 46.3 Å². The summed E-state index contributed by atoms with van der Waals surface area (Å²) in [6.07, 6.45) is 7.17. The maximum absolute atomic E-state index is 13.1. The molecule has 3 unspecified atom stereocenters. The second kappa shape index (κ2) is 8.58. The lowest BCUT2D eigenvalue weighted by Crippen LogP contribution is -2.54. The molecular weight excluding hydrogens is 512 g/mol. The Hall–Kier alpha value is -0.920. The molecule has 1 aromatic rings. The zero-order valence-electron chi connectivity index (χ0n) is 20.9. The quantitative estimate of drug-likeness (QED) is 0.463. The van der Waals surface area contributed by atoms with E-state index in [0.29, 0.717) is 63.5 Å².